The van der Waals surface area contributed by atoms with Crippen LogP contribution in [0.5, 0.6) is 0 Å². The number of hydrogen-bond acceptors (Lipinski definition) is 1. The number of nitrogens with one attached hydrogen (secondary N) is 1. The molecule has 0 unspecified atom stereocenters. The van der Waals surface area contributed by atoms with Gasteiger partial charge in [-0.1, -0.05) is 56.5 Å². The molecule has 0 aliphatic heterocycles. The Balaban J connectivity index is 1.94. The summed E-state index contributed by atoms with van der Waals surface area (Å²) >= 11 is 5.50. The predicted molar refractivity (Wildman–Crippen MR) is 86.2 cm³/mol. The number of benzene rings is 1. The van der Waals surface area contributed by atoms with Crippen LogP contribution in [0.15, 0.2) is 36.5 Å². The van der Waals surface area contributed by atoms with Crippen molar-refractivity contribution < 1.29 is 0 Å². The fourth-order valence-electron chi connectivity index (χ4n) is 3.35. The summed E-state index contributed by atoms with van der Waals surface area (Å²) in [5.41, 5.74) is 2.84. The van der Waals surface area contributed by atoms with E-state index in [1.54, 1.807) is 0 Å². The molecule has 1 aliphatic rings. The van der Waals surface area contributed by atoms with Crippen molar-refractivity contribution >= 4 is 12.2 Å². The highest BCUT2D eigenvalue weighted by Gasteiger charge is 2.28. The summed E-state index contributed by atoms with van der Waals surface area (Å²) in [5, 5.41) is 0. The highest BCUT2D eigenvalue weighted by atomic mass is 32.1. The van der Waals surface area contributed by atoms with Gasteiger partial charge in [0.2, 0.25) is 0 Å². The smallest absolute Gasteiger partial charge is 0.177 e. The standard InChI is InChI=1S/C17H22N2S/c1-17(10-6-3-7-11-17)13-19-15(12-18-16(19)20)14-8-4-2-5-9-14/h2,4-5,8-9,12H,3,6-7,10-11,13H2,1H3,(H,18,20). The molecule has 2 aromatic rings. The number of aromatic amines is 1. The third kappa shape index (κ3) is 2.73. The summed E-state index contributed by atoms with van der Waals surface area (Å²) in [6.07, 6.45) is 8.77. The van der Waals surface area contributed by atoms with Gasteiger partial charge in [-0.2, -0.15) is 0 Å². The van der Waals surface area contributed by atoms with Crippen LogP contribution in [0.2, 0.25) is 0 Å². The number of H-pyrrole nitrogens is 1. The molecule has 0 saturated heterocycles. The second kappa shape index (κ2) is 5.57. The maximum atomic E-state index is 5.50. The predicted octanol–water partition coefficient (Wildman–Crippen LogP) is 5.18. The minimum absolute atomic E-state index is 0.391. The van der Waals surface area contributed by atoms with Crippen LogP contribution >= 0.6 is 12.2 Å². The zero-order valence-electron chi connectivity index (χ0n) is 12.1. The normalized spacial score (nSPS) is 18.1. The molecule has 0 radical (unpaired) electrons. The van der Waals surface area contributed by atoms with Crippen LogP contribution in [0.25, 0.3) is 11.3 Å². The topological polar surface area (TPSA) is 20.7 Å². The fraction of sp³-hybridized carbons (Fsp3) is 0.471. The first-order chi connectivity index (χ1) is 9.68. The van der Waals surface area contributed by atoms with Crippen LogP contribution < -0.4 is 0 Å². The molecule has 0 bridgehead atoms. The molecule has 1 saturated carbocycles. The monoisotopic (exact) mass is 286 g/mol. The Morgan fingerprint density at radius 2 is 1.85 bits per heavy atom. The van der Waals surface area contributed by atoms with Crippen molar-refractivity contribution in [2.24, 2.45) is 5.41 Å². The molecule has 0 spiro atoms. The first kappa shape index (κ1) is 13.6. The average molecular weight is 286 g/mol. The SMILES string of the molecule is CC1(Cn2c(-c3ccccc3)c[nH]c2=S)CCCCC1. The Bertz CT molecular complexity index is 618. The van der Waals surface area contributed by atoms with Crippen LogP contribution in [0.3, 0.4) is 0 Å². The number of rotatable bonds is 3. The van der Waals surface area contributed by atoms with Crippen molar-refractivity contribution in [2.75, 3.05) is 0 Å². The summed E-state index contributed by atoms with van der Waals surface area (Å²) < 4.78 is 3.13. The number of nitrogens with zero attached hydrogens (tertiary/aromatic N) is 1. The Hall–Kier alpha value is -1.35. The van der Waals surface area contributed by atoms with E-state index in [9.17, 15) is 0 Å². The summed E-state index contributed by atoms with van der Waals surface area (Å²) in [6.45, 7) is 3.44. The third-order valence-electron chi connectivity index (χ3n) is 4.54. The van der Waals surface area contributed by atoms with Crippen molar-refractivity contribution in [1.82, 2.24) is 9.55 Å². The molecule has 1 fully saturated rings. The molecular formula is C17H22N2S. The lowest BCUT2D eigenvalue weighted by Crippen LogP contribution is -2.26. The van der Waals surface area contributed by atoms with Crippen LogP contribution in [-0.2, 0) is 6.54 Å². The zero-order valence-corrected chi connectivity index (χ0v) is 12.9. The number of aromatic nitrogens is 2. The third-order valence-corrected chi connectivity index (χ3v) is 4.88. The summed E-state index contributed by atoms with van der Waals surface area (Å²) in [4.78, 5) is 3.22. The molecule has 1 aliphatic carbocycles. The second-order valence-corrected chi connectivity index (χ2v) is 6.69. The van der Waals surface area contributed by atoms with Gasteiger partial charge in [0, 0.05) is 12.7 Å². The lowest BCUT2D eigenvalue weighted by atomic mass is 9.75. The van der Waals surface area contributed by atoms with Gasteiger partial charge in [-0.05, 0) is 36.0 Å². The van der Waals surface area contributed by atoms with Crippen molar-refractivity contribution in [3.8, 4) is 11.3 Å². The highest BCUT2D eigenvalue weighted by Crippen LogP contribution is 2.38. The van der Waals surface area contributed by atoms with Crippen LogP contribution in [-0.4, -0.2) is 9.55 Å². The number of hydrogen-bond donors (Lipinski definition) is 1. The molecule has 3 heteroatoms. The van der Waals surface area contributed by atoms with Crippen molar-refractivity contribution in [3.05, 3.63) is 41.3 Å². The van der Waals surface area contributed by atoms with Gasteiger partial charge in [0.25, 0.3) is 0 Å². The van der Waals surface area contributed by atoms with E-state index in [1.165, 1.54) is 43.4 Å². The molecule has 3 rings (SSSR count). The van der Waals surface area contributed by atoms with Gasteiger partial charge in [0.15, 0.2) is 4.77 Å². The first-order valence-corrected chi connectivity index (χ1v) is 7.92. The molecule has 1 heterocycles. The second-order valence-electron chi connectivity index (χ2n) is 6.30. The van der Waals surface area contributed by atoms with E-state index in [1.807, 2.05) is 6.20 Å². The molecule has 106 valence electrons. The minimum atomic E-state index is 0.391. The van der Waals surface area contributed by atoms with Crippen LogP contribution in [0.1, 0.15) is 39.0 Å². The zero-order chi connectivity index (χ0) is 14.0. The quantitative estimate of drug-likeness (QED) is 0.771. The Labute approximate surface area is 125 Å². The van der Waals surface area contributed by atoms with Crippen molar-refractivity contribution in [1.29, 1.82) is 0 Å². The van der Waals surface area contributed by atoms with Gasteiger partial charge in [-0.25, -0.2) is 0 Å². The molecule has 20 heavy (non-hydrogen) atoms. The van der Waals surface area contributed by atoms with Gasteiger partial charge in [0.05, 0.1) is 5.69 Å². The molecule has 2 nitrogen and oxygen atoms in total. The Kier molecular flexibility index (Phi) is 3.79. The summed E-state index contributed by atoms with van der Waals surface area (Å²) in [5.74, 6) is 0. The van der Waals surface area contributed by atoms with Gasteiger partial charge < -0.3 is 9.55 Å². The van der Waals surface area contributed by atoms with Crippen molar-refractivity contribution in [2.45, 2.75) is 45.6 Å². The molecule has 1 aromatic heterocycles. The lowest BCUT2D eigenvalue weighted by molar-refractivity contribution is 0.183. The van der Waals surface area contributed by atoms with Gasteiger partial charge in [-0.3, -0.25) is 0 Å². The number of imidazole rings is 1. The Morgan fingerprint density at radius 3 is 2.55 bits per heavy atom. The average Bonchev–Trinajstić information content (AvgIpc) is 2.81. The van der Waals surface area contributed by atoms with Crippen LogP contribution in [0, 0.1) is 10.2 Å². The summed E-state index contributed by atoms with van der Waals surface area (Å²) in [6, 6.07) is 10.5. The van der Waals surface area contributed by atoms with Crippen LogP contribution in [0.4, 0.5) is 0 Å². The molecule has 0 amide bonds. The highest BCUT2D eigenvalue weighted by molar-refractivity contribution is 7.71. The van der Waals surface area contributed by atoms with E-state index in [0.717, 1.165) is 11.3 Å². The largest absolute Gasteiger partial charge is 0.337 e. The van der Waals surface area contributed by atoms with E-state index < -0.39 is 0 Å². The van der Waals surface area contributed by atoms with E-state index in [0.29, 0.717) is 5.41 Å². The molecule has 0 atom stereocenters. The first-order valence-electron chi connectivity index (χ1n) is 7.52. The van der Waals surface area contributed by atoms with Gasteiger partial charge in [0.1, 0.15) is 0 Å². The maximum absolute atomic E-state index is 5.50. The van der Waals surface area contributed by atoms with Crippen molar-refractivity contribution in [3.63, 3.8) is 0 Å². The van der Waals surface area contributed by atoms with E-state index in [4.69, 9.17) is 12.2 Å². The van der Waals surface area contributed by atoms with Gasteiger partial charge in [-0.15, -0.1) is 0 Å². The fourth-order valence-corrected chi connectivity index (χ4v) is 3.57. The Morgan fingerprint density at radius 1 is 1.15 bits per heavy atom. The van der Waals surface area contributed by atoms with Gasteiger partial charge >= 0.3 is 0 Å². The summed E-state index contributed by atoms with van der Waals surface area (Å²) in [7, 11) is 0. The molecular weight excluding hydrogens is 264 g/mol. The maximum Gasteiger partial charge on any atom is 0.177 e. The van der Waals surface area contributed by atoms with E-state index in [2.05, 4.69) is 46.8 Å². The lowest BCUT2D eigenvalue weighted by Gasteiger charge is -2.34. The van der Waals surface area contributed by atoms with E-state index >= 15 is 0 Å². The molecule has 1 N–H and O–H groups in total. The molecule has 1 aromatic carbocycles. The minimum Gasteiger partial charge on any atom is -0.337 e. The van der Waals surface area contributed by atoms with E-state index in [-0.39, 0.29) is 0 Å².